The molecule has 0 spiro atoms. The molecule has 0 saturated heterocycles. The van der Waals surface area contributed by atoms with Crippen LogP contribution in [0.25, 0.3) is 0 Å². The summed E-state index contributed by atoms with van der Waals surface area (Å²) >= 11 is 5.85. The minimum absolute atomic E-state index is 0.159. The van der Waals surface area contributed by atoms with Crippen LogP contribution >= 0.6 is 11.6 Å². The fourth-order valence-electron chi connectivity index (χ4n) is 1.68. The molecule has 114 valence electrons. The van der Waals surface area contributed by atoms with E-state index in [1.165, 1.54) is 13.3 Å². The summed E-state index contributed by atoms with van der Waals surface area (Å²) in [7, 11) is 1.54. The summed E-state index contributed by atoms with van der Waals surface area (Å²) in [5, 5.41) is 4.45. The Hall–Kier alpha value is -2.53. The van der Waals surface area contributed by atoms with E-state index in [2.05, 4.69) is 10.5 Å². The van der Waals surface area contributed by atoms with Gasteiger partial charge in [-0.25, -0.2) is 5.43 Å². The summed E-state index contributed by atoms with van der Waals surface area (Å²) in [5.41, 5.74) is 3.17. The normalized spacial score (nSPS) is 10.5. The van der Waals surface area contributed by atoms with Gasteiger partial charge in [-0.05, 0) is 29.8 Å². The van der Waals surface area contributed by atoms with Gasteiger partial charge in [0.15, 0.2) is 18.1 Å². The van der Waals surface area contributed by atoms with Crippen molar-refractivity contribution in [1.29, 1.82) is 0 Å². The van der Waals surface area contributed by atoms with Crippen molar-refractivity contribution in [3.8, 4) is 11.5 Å². The molecule has 0 saturated carbocycles. The highest BCUT2D eigenvalue weighted by Crippen LogP contribution is 2.25. The Balaban J connectivity index is 1.83. The van der Waals surface area contributed by atoms with Crippen LogP contribution in [0.2, 0.25) is 5.02 Å². The number of nitrogens with zero attached hydrogens (tertiary/aromatic N) is 1. The van der Waals surface area contributed by atoms with Crippen molar-refractivity contribution >= 4 is 23.7 Å². The molecule has 0 aliphatic carbocycles. The monoisotopic (exact) mass is 318 g/mol. The van der Waals surface area contributed by atoms with E-state index in [1.54, 1.807) is 36.4 Å². The molecular weight excluding hydrogens is 304 g/mol. The zero-order chi connectivity index (χ0) is 15.8. The van der Waals surface area contributed by atoms with Crippen molar-refractivity contribution in [2.45, 2.75) is 0 Å². The average molecular weight is 319 g/mol. The third-order valence-corrected chi connectivity index (χ3v) is 2.91. The standard InChI is InChI=1S/C16H15ClN2O3/c1-21-14-7-2-3-8-15(14)22-11-16(20)19-18-10-12-5-4-6-13(17)9-12/h2-10H,11H2,1H3,(H,19,20)/b18-10-. The summed E-state index contributed by atoms with van der Waals surface area (Å²) < 4.78 is 10.5. The largest absolute Gasteiger partial charge is 0.493 e. The van der Waals surface area contributed by atoms with Gasteiger partial charge < -0.3 is 9.47 Å². The SMILES string of the molecule is COc1ccccc1OCC(=O)N/N=C\c1cccc(Cl)c1. The van der Waals surface area contributed by atoms with E-state index in [9.17, 15) is 4.79 Å². The van der Waals surface area contributed by atoms with Crippen LogP contribution in [-0.2, 0) is 4.79 Å². The molecular formula is C16H15ClN2O3. The molecule has 0 atom stereocenters. The van der Waals surface area contributed by atoms with Crippen LogP contribution in [0.3, 0.4) is 0 Å². The van der Waals surface area contributed by atoms with Crippen LogP contribution < -0.4 is 14.9 Å². The number of ether oxygens (including phenoxy) is 2. The van der Waals surface area contributed by atoms with Gasteiger partial charge in [0.2, 0.25) is 0 Å². The number of halogens is 1. The number of amides is 1. The molecule has 0 radical (unpaired) electrons. The van der Waals surface area contributed by atoms with E-state index >= 15 is 0 Å². The molecule has 5 nitrogen and oxygen atoms in total. The fraction of sp³-hybridized carbons (Fsp3) is 0.125. The highest BCUT2D eigenvalue weighted by molar-refractivity contribution is 6.30. The van der Waals surface area contributed by atoms with Gasteiger partial charge in [0.05, 0.1) is 13.3 Å². The summed E-state index contributed by atoms with van der Waals surface area (Å²) in [6.45, 7) is -0.159. The molecule has 0 aliphatic heterocycles. The first-order valence-corrected chi connectivity index (χ1v) is 6.90. The van der Waals surface area contributed by atoms with E-state index in [0.29, 0.717) is 16.5 Å². The highest BCUT2D eigenvalue weighted by Gasteiger charge is 2.05. The number of nitrogens with one attached hydrogen (secondary N) is 1. The van der Waals surface area contributed by atoms with Gasteiger partial charge in [-0.15, -0.1) is 0 Å². The quantitative estimate of drug-likeness (QED) is 0.658. The maximum absolute atomic E-state index is 11.7. The van der Waals surface area contributed by atoms with Gasteiger partial charge in [0.1, 0.15) is 0 Å². The Morgan fingerprint density at radius 3 is 2.73 bits per heavy atom. The van der Waals surface area contributed by atoms with E-state index in [0.717, 1.165) is 5.56 Å². The van der Waals surface area contributed by atoms with Crippen LogP contribution in [0, 0.1) is 0 Å². The number of hydrazone groups is 1. The molecule has 2 rings (SSSR count). The predicted octanol–water partition coefficient (Wildman–Crippen LogP) is 2.88. The fourth-order valence-corrected chi connectivity index (χ4v) is 1.88. The number of hydrogen-bond acceptors (Lipinski definition) is 4. The van der Waals surface area contributed by atoms with Crippen LogP contribution in [0.15, 0.2) is 53.6 Å². The van der Waals surface area contributed by atoms with Gasteiger partial charge in [-0.2, -0.15) is 5.10 Å². The van der Waals surface area contributed by atoms with Crippen LogP contribution in [0.1, 0.15) is 5.56 Å². The molecule has 2 aromatic rings. The van der Waals surface area contributed by atoms with E-state index in [4.69, 9.17) is 21.1 Å². The van der Waals surface area contributed by atoms with E-state index < -0.39 is 0 Å². The molecule has 2 aromatic carbocycles. The van der Waals surface area contributed by atoms with Gasteiger partial charge >= 0.3 is 0 Å². The molecule has 1 amide bonds. The zero-order valence-corrected chi connectivity index (χ0v) is 12.7. The van der Waals surface area contributed by atoms with Crippen LogP contribution in [0.4, 0.5) is 0 Å². The summed E-state index contributed by atoms with van der Waals surface area (Å²) in [4.78, 5) is 11.7. The Morgan fingerprint density at radius 1 is 1.23 bits per heavy atom. The first-order chi connectivity index (χ1) is 10.7. The molecule has 0 bridgehead atoms. The van der Waals surface area contributed by atoms with Crippen molar-refractivity contribution in [3.63, 3.8) is 0 Å². The molecule has 22 heavy (non-hydrogen) atoms. The second-order valence-corrected chi connectivity index (χ2v) is 4.72. The highest BCUT2D eigenvalue weighted by atomic mass is 35.5. The van der Waals surface area contributed by atoms with Gasteiger partial charge in [0.25, 0.3) is 5.91 Å². The second-order valence-electron chi connectivity index (χ2n) is 4.29. The Morgan fingerprint density at radius 2 is 2.00 bits per heavy atom. The molecule has 1 N–H and O–H groups in total. The maximum atomic E-state index is 11.7. The Kier molecular flexibility index (Phi) is 5.80. The molecule has 0 unspecified atom stereocenters. The first-order valence-electron chi connectivity index (χ1n) is 6.52. The number of hydrogen-bond donors (Lipinski definition) is 1. The van der Waals surface area contributed by atoms with Gasteiger partial charge in [-0.3, -0.25) is 4.79 Å². The number of rotatable bonds is 6. The number of methoxy groups -OCH3 is 1. The Labute approximate surface area is 133 Å². The number of para-hydroxylation sites is 2. The number of benzene rings is 2. The molecule has 0 heterocycles. The third kappa shape index (κ3) is 4.79. The topological polar surface area (TPSA) is 59.9 Å². The van der Waals surface area contributed by atoms with Gasteiger partial charge in [0, 0.05) is 5.02 Å². The molecule has 0 aromatic heterocycles. The summed E-state index contributed by atoms with van der Waals surface area (Å²) in [6.07, 6.45) is 1.51. The molecule has 6 heteroatoms. The minimum atomic E-state index is -0.371. The number of carbonyl (C=O) groups is 1. The Bertz CT molecular complexity index is 674. The van der Waals surface area contributed by atoms with Crippen LogP contribution in [0.5, 0.6) is 11.5 Å². The lowest BCUT2D eigenvalue weighted by atomic mass is 10.2. The lowest BCUT2D eigenvalue weighted by molar-refractivity contribution is -0.123. The molecule has 0 aliphatic rings. The lowest BCUT2D eigenvalue weighted by Gasteiger charge is -2.09. The van der Waals surface area contributed by atoms with Crippen molar-refractivity contribution in [2.24, 2.45) is 5.10 Å². The lowest BCUT2D eigenvalue weighted by Crippen LogP contribution is -2.24. The first kappa shape index (κ1) is 15.9. The maximum Gasteiger partial charge on any atom is 0.277 e. The van der Waals surface area contributed by atoms with Crippen molar-refractivity contribution in [3.05, 3.63) is 59.1 Å². The van der Waals surface area contributed by atoms with E-state index in [1.807, 2.05) is 12.1 Å². The smallest absolute Gasteiger partial charge is 0.277 e. The predicted molar refractivity (Wildman–Crippen MR) is 85.7 cm³/mol. The summed E-state index contributed by atoms with van der Waals surface area (Å²) in [5.74, 6) is 0.695. The van der Waals surface area contributed by atoms with Crippen molar-refractivity contribution in [2.75, 3.05) is 13.7 Å². The van der Waals surface area contributed by atoms with Gasteiger partial charge in [-0.1, -0.05) is 35.9 Å². The summed E-state index contributed by atoms with van der Waals surface area (Å²) in [6, 6.07) is 14.2. The third-order valence-electron chi connectivity index (χ3n) is 2.68. The second kappa shape index (κ2) is 8.05. The molecule has 0 fully saturated rings. The van der Waals surface area contributed by atoms with E-state index in [-0.39, 0.29) is 12.5 Å². The van der Waals surface area contributed by atoms with Crippen LogP contribution in [-0.4, -0.2) is 25.8 Å². The number of carbonyl (C=O) groups excluding carboxylic acids is 1. The van der Waals surface area contributed by atoms with Crippen molar-refractivity contribution in [1.82, 2.24) is 5.43 Å². The van der Waals surface area contributed by atoms with Crippen molar-refractivity contribution < 1.29 is 14.3 Å². The minimum Gasteiger partial charge on any atom is -0.493 e. The zero-order valence-electron chi connectivity index (χ0n) is 12.0. The average Bonchev–Trinajstić information content (AvgIpc) is 2.53.